The lowest BCUT2D eigenvalue weighted by molar-refractivity contribution is -0.134. The number of rotatable bonds is 3. The zero-order valence-electron chi connectivity index (χ0n) is 11.1. The minimum absolute atomic E-state index is 0.104. The predicted octanol–water partition coefficient (Wildman–Crippen LogP) is 2.31. The van der Waals surface area contributed by atoms with E-state index >= 15 is 0 Å². The van der Waals surface area contributed by atoms with Crippen LogP contribution in [-0.4, -0.2) is 36.5 Å². The van der Waals surface area contributed by atoms with Crippen LogP contribution in [0.5, 0.6) is 0 Å². The van der Waals surface area contributed by atoms with Crippen molar-refractivity contribution in [3.63, 3.8) is 0 Å². The second-order valence-corrected chi connectivity index (χ2v) is 5.71. The summed E-state index contributed by atoms with van der Waals surface area (Å²) in [5, 5.41) is 3.44. The number of amides is 1. The molecule has 98 valence electrons. The highest BCUT2D eigenvalue weighted by atomic mass is 16.2. The van der Waals surface area contributed by atoms with Crippen molar-refractivity contribution in [3.05, 3.63) is 0 Å². The maximum atomic E-state index is 12.3. The monoisotopic (exact) mass is 238 g/mol. The third kappa shape index (κ3) is 3.21. The zero-order valence-corrected chi connectivity index (χ0v) is 11.1. The van der Waals surface area contributed by atoms with Crippen LogP contribution in [0.25, 0.3) is 0 Å². The minimum atomic E-state index is 0.104. The van der Waals surface area contributed by atoms with Gasteiger partial charge in [0.25, 0.3) is 0 Å². The Hall–Kier alpha value is -0.570. The van der Waals surface area contributed by atoms with E-state index < -0.39 is 0 Å². The third-order valence-corrected chi connectivity index (χ3v) is 4.54. The Morgan fingerprint density at radius 3 is 2.24 bits per heavy atom. The molecule has 2 rings (SSSR count). The average Bonchev–Trinajstić information content (AvgIpc) is 2.41. The summed E-state index contributed by atoms with van der Waals surface area (Å²) in [6, 6.07) is 0. The molecule has 1 heterocycles. The van der Waals surface area contributed by atoms with E-state index in [0.717, 1.165) is 13.1 Å². The van der Waals surface area contributed by atoms with Crippen molar-refractivity contribution >= 4 is 5.91 Å². The maximum absolute atomic E-state index is 12.3. The molecule has 0 radical (unpaired) electrons. The zero-order chi connectivity index (χ0) is 12.1. The number of carbonyl (C=O) groups excluding carboxylic acids is 1. The Labute approximate surface area is 105 Å². The minimum Gasteiger partial charge on any atom is -0.343 e. The smallest absolute Gasteiger partial charge is 0.224 e. The molecular formula is C14H26N2O. The van der Waals surface area contributed by atoms with Gasteiger partial charge in [0.05, 0.1) is 0 Å². The molecule has 2 fully saturated rings. The molecular weight excluding hydrogens is 212 g/mol. The van der Waals surface area contributed by atoms with Crippen molar-refractivity contribution < 1.29 is 4.79 Å². The molecule has 2 aliphatic rings. The summed E-state index contributed by atoms with van der Waals surface area (Å²) in [7, 11) is 2.02. The second kappa shape index (κ2) is 5.85. The molecule has 3 heteroatoms. The molecule has 1 aliphatic heterocycles. The fourth-order valence-electron chi connectivity index (χ4n) is 3.29. The fourth-order valence-corrected chi connectivity index (χ4v) is 3.29. The van der Waals surface area contributed by atoms with Crippen LogP contribution in [0.15, 0.2) is 0 Å². The standard InChI is InChI=1S/C14H26N2O/c1-15-14(8-4-2-5-9-14)12-13(17)16-10-6-3-7-11-16/h15H,2-12H2,1H3. The Morgan fingerprint density at radius 1 is 1.06 bits per heavy atom. The number of likely N-dealkylation sites (tertiary alicyclic amines) is 1. The van der Waals surface area contributed by atoms with E-state index in [-0.39, 0.29) is 5.54 Å². The van der Waals surface area contributed by atoms with Gasteiger partial charge in [-0.3, -0.25) is 4.79 Å². The van der Waals surface area contributed by atoms with Gasteiger partial charge in [-0.2, -0.15) is 0 Å². The van der Waals surface area contributed by atoms with Crippen molar-refractivity contribution in [1.82, 2.24) is 10.2 Å². The van der Waals surface area contributed by atoms with Crippen LogP contribution < -0.4 is 5.32 Å². The lowest BCUT2D eigenvalue weighted by Crippen LogP contribution is -2.49. The number of hydrogen-bond donors (Lipinski definition) is 1. The largest absolute Gasteiger partial charge is 0.343 e. The Bertz CT molecular complexity index is 253. The Kier molecular flexibility index (Phi) is 4.43. The molecule has 0 aromatic rings. The van der Waals surface area contributed by atoms with Crippen LogP contribution in [0, 0.1) is 0 Å². The van der Waals surface area contributed by atoms with Crippen LogP contribution >= 0.6 is 0 Å². The van der Waals surface area contributed by atoms with Gasteiger partial charge in [-0.25, -0.2) is 0 Å². The highest BCUT2D eigenvalue weighted by Crippen LogP contribution is 2.31. The van der Waals surface area contributed by atoms with Gasteiger partial charge in [0.15, 0.2) is 0 Å². The van der Waals surface area contributed by atoms with Gasteiger partial charge in [-0.05, 0) is 39.2 Å². The van der Waals surface area contributed by atoms with Crippen molar-refractivity contribution in [2.24, 2.45) is 0 Å². The molecule has 0 aromatic heterocycles. The second-order valence-electron chi connectivity index (χ2n) is 5.71. The summed E-state index contributed by atoms with van der Waals surface area (Å²) in [5.41, 5.74) is 0.104. The van der Waals surface area contributed by atoms with E-state index in [1.54, 1.807) is 0 Å². The van der Waals surface area contributed by atoms with E-state index in [1.807, 2.05) is 7.05 Å². The maximum Gasteiger partial charge on any atom is 0.224 e. The number of hydrogen-bond acceptors (Lipinski definition) is 2. The number of piperidine rings is 1. The van der Waals surface area contributed by atoms with E-state index in [1.165, 1.54) is 51.4 Å². The van der Waals surface area contributed by atoms with Gasteiger partial charge in [0.1, 0.15) is 0 Å². The summed E-state index contributed by atoms with van der Waals surface area (Å²) in [6.07, 6.45) is 10.6. The van der Waals surface area contributed by atoms with Crippen LogP contribution in [-0.2, 0) is 4.79 Å². The lowest BCUT2D eigenvalue weighted by atomic mass is 9.79. The van der Waals surface area contributed by atoms with Gasteiger partial charge in [-0.15, -0.1) is 0 Å². The van der Waals surface area contributed by atoms with Gasteiger partial charge in [0.2, 0.25) is 5.91 Å². The topological polar surface area (TPSA) is 32.3 Å². The molecule has 1 aliphatic carbocycles. The van der Waals surface area contributed by atoms with Crippen molar-refractivity contribution in [1.29, 1.82) is 0 Å². The van der Waals surface area contributed by atoms with Crippen molar-refractivity contribution in [2.45, 2.75) is 63.3 Å². The summed E-state index contributed by atoms with van der Waals surface area (Å²) in [6.45, 7) is 1.97. The molecule has 0 bridgehead atoms. The molecule has 1 saturated carbocycles. The summed E-state index contributed by atoms with van der Waals surface area (Å²) >= 11 is 0. The Morgan fingerprint density at radius 2 is 1.65 bits per heavy atom. The first-order chi connectivity index (χ1) is 8.26. The lowest BCUT2D eigenvalue weighted by Gasteiger charge is -2.38. The van der Waals surface area contributed by atoms with E-state index in [0.29, 0.717) is 12.3 Å². The van der Waals surface area contributed by atoms with E-state index in [4.69, 9.17) is 0 Å². The van der Waals surface area contributed by atoms with Crippen LogP contribution in [0.2, 0.25) is 0 Å². The molecule has 0 unspecified atom stereocenters. The third-order valence-electron chi connectivity index (χ3n) is 4.54. The van der Waals surface area contributed by atoms with Gasteiger partial charge < -0.3 is 10.2 Å². The van der Waals surface area contributed by atoms with Crippen molar-refractivity contribution in [3.8, 4) is 0 Å². The molecule has 0 spiro atoms. The SMILES string of the molecule is CNC1(CC(=O)N2CCCCC2)CCCCC1. The highest BCUT2D eigenvalue weighted by molar-refractivity contribution is 5.77. The van der Waals surface area contributed by atoms with Crippen molar-refractivity contribution in [2.75, 3.05) is 20.1 Å². The first-order valence-corrected chi connectivity index (χ1v) is 7.22. The van der Waals surface area contributed by atoms with Crippen LogP contribution in [0.4, 0.5) is 0 Å². The molecule has 1 N–H and O–H groups in total. The summed E-state index contributed by atoms with van der Waals surface area (Å²) in [5.74, 6) is 0.376. The van der Waals surface area contributed by atoms with Gasteiger partial charge in [0, 0.05) is 25.0 Å². The van der Waals surface area contributed by atoms with E-state index in [2.05, 4.69) is 10.2 Å². The first kappa shape index (κ1) is 12.9. The fraction of sp³-hybridized carbons (Fsp3) is 0.929. The molecule has 3 nitrogen and oxygen atoms in total. The van der Waals surface area contributed by atoms with E-state index in [9.17, 15) is 4.79 Å². The number of carbonyl (C=O) groups is 1. The summed E-state index contributed by atoms with van der Waals surface area (Å²) < 4.78 is 0. The number of nitrogens with one attached hydrogen (secondary N) is 1. The van der Waals surface area contributed by atoms with Gasteiger partial charge in [-0.1, -0.05) is 19.3 Å². The molecule has 1 amide bonds. The predicted molar refractivity (Wildman–Crippen MR) is 69.9 cm³/mol. The molecule has 1 saturated heterocycles. The van der Waals surface area contributed by atoms with Gasteiger partial charge >= 0.3 is 0 Å². The quantitative estimate of drug-likeness (QED) is 0.818. The summed E-state index contributed by atoms with van der Waals surface area (Å²) in [4.78, 5) is 14.4. The first-order valence-electron chi connectivity index (χ1n) is 7.22. The molecule has 0 atom stereocenters. The molecule has 17 heavy (non-hydrogen) atoms. The Balaban J connectivity index is 1.90. The highest BCUT2D eigenvalue weighted by Gasteiger charge is 2.34. The average molecular weight is 238 g/mol. The van der Waals surface area contributed by atoms with Crippen LogP contribution in [0.1, 0.15) is 57.8 Å². The van der Waals surface area contributed by atoms with Crippen LogP contribution in [0.3, 0.4) is 0 Å². The molecule has 0 aromatic carbocycles. The normalized spacial score (nSPS) is 24.6. The number of nitrogens with zero attached hydrogens (tertiary/aromatic N) is 1.